The molecule has 3 heterocycles. The Morgan fingerprint density at radius 3 is 1.00 bits per heavy atom. The molecule has 32 nitrogen and oxygen atoms in total. The minimum atomic E-state index is -2.27. The highest BCUT2D eigenvalue weighted by Gasteiger charge is 2.49. The van der Waals surface area contributed by atoms with Crippen molar-refractivity contribution in [2.45, 2.75) is 319 Å². The summed E-state index contributed by atoms with van der Waals surface area (Å²) in [5, 5.41) is 211. The fourth-order valence-electron chi connectivity index (χ4n) is 8.64. The van der Waals surface area contributed by atoms with Gasteiger partial charge in [0.15, 0.2) is 35.3 Å². The van der Waals surface area contributed by atoms with Gasteiger partial charge in [-0.2, -0.15) is 0 Å². The molecule has 0 aliphatic carbocycles. The Labute approximate surface area is 569 Å². The van der Waals surface area contributed by atoms with E-state index in [2.05, 4.69) is 0 Å². The number of rotatable bonds is 15. The van der Waals surface area contributed by atoms with E-state index in [-0.39, 0.29) is 22.3 Å². The number of ether oxygens (including phenoxy) is 3. The van der Waals surface area contributed by atoms with Crippen LogP contribution in [0.4, 0.5) is 0 Å². The highest BCUT2D eigenvalue weighted by atomic mass is 16.5. The van der Waals surface area contributed by atoms with Crippen molar-refractivity contribution in [2.75, 3.05) is 6.61 Å². The molecule has 0 bridgehead atoms. The van der Waals surface area contributed by atoms with Crippen LogP contribution in [0.5, 0.6) is 0 Å². The Morgan fingerprint density at radius 1 is 0.402 bits per heavy atom. The molecular formula is C65H124O32. The van der Waals surface area contributed by atoms with Gasteiger partial charge in [-0.25, -0.2) is 9.59 Å². The third-order valence-corrected chi connectivity index (χ3v) is 15.0. The fourth-order valence-corrected chi connectivity index (χ4v) is 8.64. The van der Waals surface area contributed by atoms with E-state index < -0.39 is 204 Å². The molecule has 23 unspecified atom stereocenters. The van der Waals surface area contributed by atoms with Gasteiger partial charge in [0.25, 0.3) is 0 Å². The maximum absolute atomic E-state index is 11.6. The number of carboxylic acid groups (broad SMARTS) is 2. The minimum absolute atomic E-state index is 0.171. The quantitative estimate of drug-likeness (QED) is 0.0716. The van der Waals surface area contributed by atoms with Crippen LogP contribution >= 0.6 is 0 Å². The van der Waals surface area contributed by atoms with Gasteiger partial charge in [0, 0.05) is 27.1 Å². The summed E-state index contributed by atoms with van der Waals surface area (Å²) in [5.74, 6) is -5.34. The summed E-state index contributed by atoms with van der Waals surface area (Å²) in [4.78, 5) is 65.6. The first-order valence-electron chi connectivity index (χ1n) is 31.5. The van der Waals surface area contributed by atoms with Gasteiger partial charge in [-0.15, -0.1) is 0 Å². The predicted octanol–water partition coefficient (Wildman–Crippen LogP) is -3.26. The first kappa shape index (κ1) is 99.6. The molecule has 0 spiro atoms. The molecule has 0 saturated carbocycles. The Hall–Kier alpha value is -3.76. The lowest BCUT2D eigenvalue weighted by Crippen LogP contribution is -2.60. The van der Waals surface area contributed by atoms with Crippen molar-refractivity contribution in [3.8, 4) is 0 Å². The number of ketones is 4. The standard InChI is InChI=1S/C11H22O4.C10H18O7.C10H20O6.C10H20O4.C10H18O3.C8H14O5.C6H12O3/c1-5-6-7(12)8(13)9(14)10(15-6)11(2,3)4;1-10(2,3)8(15)6(13)4(11)5(12)7(14)9(16)17;1-10(2,3)9(16)8(15)7(14)6(13)5(12)4-11;1-5-6(11)7(12)8(13)9(14-5)10(2,3)4;1-6-5-7(11)8(12)9(13-6)10(2,3)4;1-8(2,3)6(11)4(9)5(10)7(12)13;1-6(2,3)4(7)5(8)9/h6-10,12-14H,5H2,1-4H3;4-7,11-14H,1-3H3,(H,16,17);5-8,11-15H,4H2,1-3H3;5-9,11-13H,1-4H3;5,7-9,11-12H,1-4H3;4-5,9-10H,1-3H3,(H,12,13);5,8-9H,1-3H3. The molecule has 23 N–H and O–H groups in total. The van der Waals surface area contributed by atoms with Gasteiger partial charge in [0.1, 0.15) is 104 Å². The third-order valence-electron chi connectivity index (χ3n) is 15.0. The maximum atomic E-state index is 11.6. The van der Waals surface area contributed by atoms with Gasteiger partial charge < -0.3 is 132 Å². The van der Waals surface area contributed by atoms with Crippen molar-refractivity contribution in [3.05, 3.63) is 11.8 Å². The lowest BCUT2D eigenvalue weighted by molar-refractivity contribution is -0.244. The number of Topliss-reactive ketones (excluding diaryl/α,β-unsaturated/α-hetero) is 4. The van der Waals surface area contributed by atoms with E-state index in [0.29, 0.717) is 12.2 Å². The smallest absolute Gasteiger partial charge is 0.335 e. The molecule has 0 amide bonds. The van der Waals surface area contributed by atoms with Crippen molar-refractivity contribution in [1.29, 1.82) is 0 Å². The summed E-state index contributed by atoms with van der Waals surface area (Å²) >= 11 is 0. The van der Waals surface area contributed by atoms with E-state index in [1.807, 2.05) is 69.2 Å². The molecule has 97 heavy (non-hydrogen) atoms. The number of aliphatic hydroxyl groups is 21. The van der Waals surface area contributed by atoms with Crippen LogP contribution in [0.3, 0.4) is 0 Å². The normalized spacial score (nSPS) is 27.9. The van der Waals surface area contributed by atoms with Gasteiger partial charge in [0.05, 0.1) is 36.8 Å². The van der Waals surface area contributed by atoms with Gasteiger partial charge in [-0.3, -0.25) is 19.2 Å². The van der Waals surface area contributed by atoms with Crippen molar-refractivity contribution in [1.82, 2.24) is 0 Å². The van der Waals surface area contributed by atoms with Crippen molar-refractivity contribution in [3.63, 3.8) is 0 Å². The fraction of sp³-hybridized carbons (Fsp3) is 0.877. The SMILES string of the molecule is CC(C)(C)C(=O)C(O)C(O)C(=O)O.CC(C)(C)C(=O)C(O)C(O)C(O)C(O)C(=O)O.CC(C)(C)C(=O)C(O)C(O)C(O)C(O)CO.CC(C)(C)C(=O)C(O)O.CC1=CC(O)C(O)C(C(C)(C)C)O1.CC1OC(C(C)(C)C)C(O)C(O)C1O.CCC1OC(C(C)(C)C)C(O)C(O)C1O. The average molecular weight is 1420 g/mol. The summed E-state index contributed by atoms with van der Waals surface area (Å²) in [7, 11) is 0. The van der Waals surface area contributed by atoms with Gasteiger partial charge in [-0.1, -0.05) is 152 Å². The van der Waals surface area contributed by atoms with Gasteiger partial charge in [0.2, 0.25) is 6.29 Å². The molecule has 0 aromatic heterocycles. The first-order valence-corrected chi connectivity index (χ1v) is 31.5. The Morgan fingerprint density at radius 2 is 0.711 bits per heavy atom. The number of aliphatic hydroxyl groups excluding tert-OH is 20. The average Bonchev–Trinajstić information content (AvgIpc) is 0.812. The van der Waals surface area contributed by atoms with E-state index >= 15 is 0 Å². The molecule has 32 heteroatoms. The molecule has 3 aliphatic heterocycles. The monoisotopic (exact) mass is 1420 g/mol. The van der Waals surface area contributed by atoms with E-state index in [0.717, 1.165) is 0 Å². The number of carbonyl (C=O) groups is 6. The van der Waals surface area contributed by atoms with Gasteiger partial charge in [-0.05, 0) is 37.2 Å². The second-order valence-corrected chi connectivity index (χ2v) is 31.5. The van der Waals surface area contributed by atoms with Gasteiger partial charge >= 0.3 is 11.9 Å². The molecule has 0 aromatic rings. The number of carbonyl (C=O) groups excluding carboxylic acids is 4. The molecule has 2 fully saturated rings. The molecule has 3 rings (SSSR count). The first-order chi connectivity index (χ1) is 43.0. The lowest BCUT2D eigenvalue weighted by atomic mass is 9.80. The highest BCUT2D eigenvalue weighted by molar-refractivity contribution is 5.92. The summed E-state index contributed by atoms with van der Waals surface area (Å²) in [6.07, 6.45) is -29.0. The predicted molar refractivity (Wildman–Crippen MR) is 347 cm³/mol. The van der Waals surface area contributed by atoms with Crippen molar-refractivity contribution in [2.24, 2.45) is 37.9 Å². The van der Waals surface area contributed by atoms with Crippen LogP contribution in [0.2, 0.25) is 0 Å². The summed E-state index contributed by atoms with van der Waals surface area (Å²) in [6, 6.07) is 0. The molecular weight excluding hydrogens is 1290 g/mol. The van der Waals surface area contributed by atoms with E-state index in [1.54, 1.807) is 55.4 Å². The second kappa shape index (κ2) is 40.8. The van der Waals surface area contributed by atoms with Crippen molar-refractivity contribution >= 4 is 35.1 Å². The van der Waals surface area contributed by atoms with Crippen LogP contribution < -0.4 is 0 Å². The molecule has 0 aromatic carbocycles. The van der Waals surface area contributed by atoms with Crippen LogP contribution in [-0.4, -0.2) is 306 Å². The zero-order valence-corrected chi connectivity index (χ0v) is 60.8. The zero-order valence-electron chi connectivity index (χ0n) is 60.8. The largest absolute Gasteiger partial charge is 0.492 e. The van der Waals surface area contributed by atoms with Crippen LogP contribution in [0.15, 0.2) is 11.8 Å². The Kier molecular flexibility index (Phi) is 41.9. The highest BCUT2D eigenvalue weighted by Crippen LogP contribution is 2.36. The zero-order chi connectivity index (χ0) is 78.6. The lowest BCUT2D eigenvalue weighted by Gasteiger charge is -2.45. The van der Waals surface area contributed by atoms with Crippen LogP contribution in [0.25, 0.3) is 0 Å². The summed E-state index contributed by atoms with van der Waals surface area (Å²) < 4.78 is 16.6. The summed E-state index contributed by atoms with van der Waals surface area (Å²) in [5.41, 5.74) is -4.04. The number of carboxylic acids is 2. The topological polar surface area (TPSA) is 595 Å². The number of hydrogen-bond donors (Lipinski definition) is 23. The third kappa shape index (κ3) is 33.3. The minimum Gasteiger partial charge on any atom is -0.492 e. The Balaban J connectivity index is -0.000000523. The van der Waals surface area contributed by atoms with E-state index in [4.69, 9.17) is 60.2 Å². The van der Waals surface area contributed by atoms with E-state index in [9.17, 15) is 100 Å². The molecule has 3 aliphatic rings. The summed E-state index contributed by atoms with van der Waals surface area (Å²) in [6.45, 7) is 40.8. The number of hydrogen-bond acceptors (Lipinski definition) is 30. The molecule has 0 radical (unpaired) electrons. The Bertz CT molecular complexity index is 2380. The maximum Gasteiger partial charge on any atom is 0.335 e. The second-order valence-electron chi connectivity index (χ2n) is 31.5. The van der Waals surface area contributed by atoms with Crippen LogP contribution in [-0.2, 0) is 43.0 Å². The van der Waals surface area contributed by atoms with Crippen LogP contribution in [0, 0.1) is 37.9 Å². The van der Waals surface area contributed by atoms with E-state index in [1.165, 1.54) is 47.6 Å². The number of aliphatic carboxylic acids is 2. The molecule has 2 saturated heterocycles. The molecule has 576 valence electrons. The van der Waals surface area contributed by atoms with Crippen LogP contribution in [0.1, 0.15) is 173 Å². The van der Waals surface area contributed by atoms with Crippen molar-refractivity contribution < 1.29 is 160 Å². The number of allylic oxidation sites excluding steroid dienone is 1. The molecule has 23 atom stereocenters.